The Labute approximate surface area is 89.0 Å². The maximum absolute atomic E-state index is 11.5. The average molecular weight is 203 g/mol. The van der Waals surface area contributed by atoms with Gasteiger partial charge >= 0.3 is 6.09 Å². The van der Waals surface area contributed by atoms with E-state index < -0.39 is 0 Å². The van der Waals surface area contributed by atoms with Gasteiger partial charge in [0.25, 0.3) is 0 Å². The Morgan fingerprint density at radius 2 is 2.13 bits per heavy atom. The summed E-state index contributed by atoms with van der Waals surface area (Å²) in [5.74, 6) is 0. The molecule has 1 aliphatic rings. The Kier molecular flexibility index (Phi) is 3.02. The highest BCUT2D eigenvalue weighted by Crippen LogP contribution is 2.08. The van der Waals surface area contributed by atoms with Crippen molar-refractivity contribution in [2.24, 2.45) is 0 Å². The Morgan fingerprint density at radius 1 is 1.33 bits per heavy atom. The normalized spacial score (nSPS) is 14.3. The highest BCUT2D eigenvalue weighted by molar-refractivity contribution is 5.69. The van der Waals surface area contributed by atoms with Gasteiger partial charge in [-0.1, -0.05) is 36.4 Å². The lowest BCUT2D eigenvalue weighted by Gasteiger charge is -2.13. The molecule has 1 aliphatic heterocycles. The first-order valence-electron chi connectivity index (χ1n) is 5.00. The molecule has 3 nitrogen and oxygen atoms in total. The van der Waals surface area contributed by atoms with Crippen LogP contribution in [0.5, 0.6) is 0 Å². The predicted molar refractivity (Wildman–Crippen MR) is 57.1 cm³/mol. The number of nitrogens with zero attached hydrogens (tertiary/aromatic N) is 1. The predicted octanol–water partition coefficient (Wildman–Crippen LogP) is 2.54. The van der Waals surface area contributed by atoms with Crippen LogP contribution in [0.25, 0.3) is 0 Å². The summed E-state index contributed by atoms with van der Waals surface area (Å²) in [6.07, 6.45) is 4.38. The van der Waals surface area contributed by atoms with Crippen molar-refractivity contribution in [2.45, 2.75) is 13.0 Å². The third-order valence-electron chi connectivity index (χ3n) is 2.26. The van der Waals surface area contributed by atoms with E-state index in [-0.39, 0.29) is 6.09 Å². The van der Waals surface area contributed by atoms with Gasteiger partial charge in [0.15, 0.2) is 0 Å². The van der Waals surface area contributed by atoms with Gasteiger partial charge in [0.05, 0.1) is 0 Å². The van der Waals surface area contributed by atoms with E-state index in [9.17, 15) is 4.79 Å². The molecule has 1 aromatic carbocycles. The lowest BCUT2D eigenvalue weighted by Crippen LogP contribution is -2.24. The van der Waals surface area contributed by atoms with Crippen LogP contribution in [0.3, 0.4) is 0 Å². The summed E-state index contributed by atoms with van der Waals surface area (Å²) in [7, 11) is 0. The number of ether oxygens (including phenoxy) is 1. The van der Waals surface area contributed by atoms with Crippen molar-refractivity contribution in [1.29, 1.82) is 0 Å². The number of amides is 1. The van der Waals surface area contributed by atoms with Crippen LogP contribution in [0.1, 0.15) is 12.0 Å². The van der Waals surface area contributed by atoms with Crippen molar-refractivity contribution in [2.75, 3.05) is 6.54 Å². The molecule has 2 rings (SSSR count). The molecule has 1 amide bonds. The first-order chi connectivity index (χ1) is 7.36. The fraction of sp³-hybridized carbons (Fsp3) is 0.250. The zero-order valence-corrected chi connectivity index (χ0v) is 8.43. The Morgan fingerprint density at radius 3 is 2.80 bits per heavy atom. The number of benzene rings is 1. The maximum atomic E-state index is 11.5. The van der Waals surface area contributed by atoms with Gasteiger partial charge in [0, 0.05) is 12.7 Å². The highest BCUT2D eigenvalue weighted by Gasteiger charge is 2.14. The van der Waals surface area contributed by atoms with Crippen LogP contribution in [0, 0.1) is 0 Å². The number of carbonyl (C=O) groups is 1. The zero-order chi connectivity index (χ0) is 10.5. The molecular weight excluding hydrogens is 190 g/mol. The average Bonchev–Trinajstić information content (AvgIpc) is 2.81. The minimum Gasteiger partial charge on any atom is -0.444 e. The molecule has 0 N–H and O–H groups in total. The van der Waals surface area contributed by atoms with Gasteiger partial charge in [0.1, 0.15) is 6.61 Å². The van der Waals surface area contributed by atoms with Crippen LogP contribution in [0.15, 0.2) is 42.6 Å². The maximum Gasteiger partial charge on any atom is 0.414 e. The number of rotatable bonds is 2. The first kappa shape index (κ1) is 9.77. The molecule has 0 saturated carbocycles. The number of hydrogen-bond donors (Lipinski definition) is 0. The van der Waals surface area contributed by atoms with E-state index in [1.165, 1.54) is 0 Å². The van der Waals surface area contributed by atoms with E-state index in [4.69, 9.17) is 4.74 Å². The molecule has 0 radical (unpaired) electrons. The summed E-state index contributed by atoms with van der Waals surface area (Å²) in [5.41, 5.74) is 1.01. The van der Waals surface area contributed by atoms with E-state index in [1.807, 2.05) is 36.4 Å². The van der Waals surface area contributed by atoms with Crippen LogP contribution < -0.4 is 0 Å². The van der Waals surface area contributed by atoms with E-state index in [1.54, 1.807) is 11.1 Å². The van der Waals surface area contributed by atoms with Gasteiger partial charge in [-0.05, 0) is 12.0 Å². The van der Waals surface area contributed by atoms with Crippen molar-refractivity contribution in [3.05, 3.63) is 48.2 Å². The standard InChI is InChI=1S/C12H13NO2/c14-12(13-8-4-5-9-13)15-10-11-6-2-1-3-7-11/h1-4,6-8H,5,9-10H2. The summed E-state index contributed by atoms with van der Waals surface area (Å²) in [5, 5.41) is 0. The van der Waals surface area contributed by atoms with E-state index in [0.717, 1.165) is 18.5 Å². The zero-order valence-electron chi connectivity index (χ0n) is 8.43. The van der Waals surface area contributed by atoms with Gasteiger partial charge in [-0.2, -0.15) is 0 Å². The fourth-order valence-corrected chi connectivity index (χ4v) is 1.44. The van der Waals surface area contributed by atoms with E-state index in [0.29, 0.717) is 6.61 Å². The van der Waals surface area contributed by atoms with E-state index in [2.05, 4.69) is 0 Å². The number of hydrogen-bond acceptors (Lipinski definition) is 2. The van der Waals surface area contributed by atoms with Crippen molar-refractivity contribution < 1.29 is 9.53 Å². The fourth-order valence-electron chi connectivity index (χ4n) is 1.44. The molecule has 0 fully saturated rings. The number of carbonyl (C=O) groups excluding carboxylic acids is 1. The quantitative estimate of drug-likeness (QED) is 0.739. The monoisotopic (exact) mass is 203 g/mol. The molecule has 0 atom stereocenters. The molecule has 15 heavy (non-hydrogen) atoms. The highest BCUT2D eigenvalue weighted by atomic mass is 16.6. The lowest BCUT2D eigenvalue weighted by atomic mass is 10.2. The second-order valence-corrected chi connectivity index (χ2v) is 3.41. The molecule has 3 heteroatoms. The first-order valence-corrected chi connectivity index (χ1v) is 5.00. The molecular formula is C12H13NO2. The topological polar surface area (TPSA) is 29.5 Å². The molecule has 0 spiro atoms. The molecule has 0 saturated heterocycles. The van der Waals surface area contributed by atoms with Gasteiger partial charge < -0.3 is 4.74 Å². The Balaban J connectivity index is 1.83. The summed E-state index contributed by atoms with van der Waals surface area (Å²) in [6, 6.07) is 9.67. The largest absolute Gasteiger partial charge is 0.444 e. The van der Waals surface area contributed by atoms with Crippen LogP contribution in [0.2, 0.25) is 0 Å². The minimum atomic E-state index is -0.271. The van der Waals surface area contributed by atoms with Crippen LogP contribution in [0.4, 0.5) is 4.79 Å². The van der Waals surface area contributed by atoms with Crippen LogP contribution in [-0.2, 0) is 11.3 Å². The molecule has 78 valence electrons. The van der Waals surface area contributed by atoms with Crippen LogP contribution in [-0.4, -0.2) is 17.5 Å². The van der Waals surface area contributed by atoms with Crippen LogP contribution >= 0.6 is 0 Å². The third kappa shape index (κ3) is 2.59. The molecule has 0 aliphatic carbocycles. The summed E-state index contributed by atoms with van der Waals surface area (Å²) in [6.45, 7) is 1.07. The summed E-state index contributed by atoms with van der Waals surface area (Å²) in [4.78, 5) is 13.1. The van der Waals surface area contributed by atoms with Crippen molar-refractivity contribution >= 4 is 6.09 Å². The van der Waals surface area contributed by atoms with Crippen molar-refractivity contribution in [1.82, 2.24) is 4.90 Å². The smallest absolute Gasteiger partial charge is 0.414 e. The molecule has 1 aromatic rings. The summed E-state index contributed by atoms with van der Waals surface area (Å²) >= 11 is 0. The lowest BCUT2D eigenvalue weighted by molar-refractivity contribution is 0.113. The third-order valence-corrected chi connectivity index (χ3v) is 2.26. The minimum absolute atomic E-state index is 0.271. The van der Waals surface area contributed by atoms with Crippen molar-refractivity contribution in [3.63, 3.8) is 0 Å². The summed E-state index contributed by atoms with van der Waals surface area (Å²) < 4.78 is 5.15. The SMILES string of the molecule is O=C(OCc1ccccc1)N1C=CCC1. The van der Waals surface area contributed by atoms with Crippen molar-refractivity contribution in [3.8, 4) is 0 Å². The molecule has 0 unspecified atom stereocenters. The second kappa shape index (κ2) is 4.64. The van der Waals surface area contributed by atoms with Gasteiger partial charge in [-0.25, -0.2) is 4.79 Å². The van der Waals surface area contributed by atoms with Gasteiger partial charge in [-0.15, -0.1) is 0 Å². The molecule has 0 bridgehead atoms. The second-order valence-electron chi connectivity index (χ2n) is 3.41. The van der Waals surface area contributed by atoms with Gasteiger partial charge in [-0.3, -0.25) is 4.90 Å². The van der Waals surface area contributed by atoms with E-state index >= 15 is 0 Å². The molecule has 1 heterocycles. The van der Waals surface area contributed by atoms with Gasteiger partial charge in [0.2, 0.25) is 0 Å². The Bertz CT molecular complexity index is 359. The molecule has 0 aromatic heterocycles. The Hall–Kier alpha value is -1.77.